The van der Waals surface area contributed by atoms with Crippen LogP contribution in [-0.2, 0) is 10.0 Å². The van der Waals surface area contributed by atoms with Gasteiger partial charge in [-0.3, -0.25) is 0 Å². The second-order valence-electron chi connectivity index (χ2n) is 3.43. The summed E-state index contributed by atoms with van der Waals surface area (Å²) in [6.45, 7) is 3.64. The van der Waals surface area contributed by atoms with Gasteiger partial charge in [-0.05, 0) is 12.8 Å². The highest BCUT2D eigenvalue weighted by Gasteiger charge is 2.36. The molecule has 0 spiro atoms. The number of aromatic amines is 1. The molecule has 0 unspecified atom stereocenters. The van der Waals surface area contributed by atoms with E-state index >= 15 is 0 Å². The van der Waals surface area contributed by atoms with Crippen LogP contribution >= 0.6 is 0 Å². The number of nitrogens with one attached hydrogen (secondary N) is 1. The van der Waals surface area contributed by atoms with Crippen molar-refractivity contribution in [2.45, 2.75) is 18.9 Å². The summed E-state index contributed by atoms with van der Waals surface area (Å²) >= 11 is 0. The maximum absolute atomic E-state index is 11.6. The summed E-state index contributed by atoms with van der Waals surface area (Å²) in [6.07, 6.45) is 1.29. The molecule has 8 heteroatoms. The van der Waals surface area contributed by atoms with E-state index in [1.54, 1.807) is 0 Å². The minimum atomic E-state index is -3.50. The molecule has 2 heterocycles. The summed E-state index contributed by atoms with van der Waals surface area (Å²) < 4.78 is 29.3. The minimum Gasteiger partial charge on any atom is -0.391 e. The number of hydrogen-bond donors (Lipinski definition) is 1. The van der Waals surface area contributed by atoms with Crippen LogP contribution in [0.2, 0.25) is 0 Å². The number of rotatable bonds is 3. The molecule has 1 aliphatic rings. The lowest BCUT2D eigenvalue weighted by Gasteiger charge is -2.18. The van der Waals surface area contributed by atoms with E-state index in [2.05, 4.69) is 16.8 Å². The Morgan fingerprint density at radius 3 is 2.94 bits per heavy atom. The SMILES string of the molecule is C=CS(=O)(=O)N1CCC[C@@H]1c1n[nH]c(=O)o1. The highest BCUT2D eigenvalue weighted by Crippen LogP contribution is 2.32. The van der Waals surface area contributed by atoms with Gasteiger partial charge in [0.15, 0.2) is 0 Å². The zero-order valence-electron chi connectivity index (χ0n) is 8.42. The summed E-state index contributed by atoms with van der Waals surface area (Å²) in [7, 11) is -3.50. The van der Waals surface area contributed by atoms with E-state index in [0.717, 1.165) is 5.41 Å². The summed E-state index contributed by atoms with van der Waals surface area (Å²) in [5.74, 6) is -0.578. The van der Waals surface area contributed by atoms with Gasteiger partial charge in [-0.25, -0.2) is 18.3 Å². The minimum absolute atomic E-state index is 0.105. The molecule has 0 radical (unpaired) electrons. The summed E-state index contributed by atoms with van der Waals surface area (Å²) in [5.41, 5.74) is 0. The fourth-order valence-corrected chi connectivity index (χ4v) is 2.90. The Balaban J connectivity index is 2.35. The first-order valence-electron chi connectivity index (χ1n) is 4.74. The lowest BCUT2D eigenvalue weighted by molar-refractivity contribution is 0.325. The van der Waals surface area contributed by atoms with Gasteiger partial charge in [-0.15, -0.1) is 5.10 Å². The third-order valence-corrected chi connectivity index (χ3v) is 3.99. The zero-order chi connectivity index (χ0) is 11.8. The van der Waals surface area contributed by atoms with Gasteiger partial charge in [-0.1, -0.05) is 6.58 Å². The largest absolute Gasteiger partial charge is 0.434 e. The normalized spacial score (nSPS) is 22.4. The highest BCUT2D eigenvalue weighted by atomic mass is 32.2. The van der Waals surface area contributed by atoms with E-state index in [9.17, 15) is 13.2 Å². The van der Waals surface area contributed by atoms with E-state index in [1.165, 1.54) is 4.31 Å². The average molecular weight is 245 g/mol. The molecule has 1 aliphatic heterocycles. The molecular formula is C8H11N3O4S. The molecule has 2 rings (SSSR count). The van der Waals surface area contributed by atoms with Gasteiger partial charge in [0.25, 0.3) is 0 Å². The molecule has 0 bridgehead atoms. The van der Waals surface area contributed by atoms with Crippen LogP contribution in [0.15, 0.2) is 21.2 Å². The fourth-order valence-electron chi connectivity index (χ4n) is 1.77. The zero-order valence-corrected chi connectivity index (χ0v) is 9.24. The number of H-pyrrole nitrogens is 1. The number of aromatic nitrogens is 2. The van der Waals surface area contributed by atoms with Crippen LogP contribution in [-0.4, -0.2) is 29.5 Å². The molecule has 1 saturated heterocycles. The first kappa shape index (κ1) is 11.1. The Morgan fingerprint density at radius 1 is 1.62 bits per heavy atom. The molecule has 7 nitrogen and oxygen atoms in total. The Morgan fingerprint density at radius 2 is 2.38 bits per heavy atom. The van der Waals surface area contributed by atoms with Crippen LogP contribution in [0.25, 0.3) is 0 Å². The Kier molecular flexibility index (Phi) is 2.68. The first-order chi connectivity index (χ1) is 7.54. The van der Waals surface area contributed by atoms with Crippen LogP contribution in [0.4, 0.5) is 0 Å². The van der Waals surface area contributed by atoms with Crippen molar-refractivity contribution in [2.24, 2.45) is 0 Å². The van der Waals surface area contributed by atoms with Crippen molar-refractivity contribution in [1.82, 2.24) is 14.5 Å². The van der Waals surface area contributed by atoms with Gasteiger partial charge in [0, 0.05) is 12.0 Å². The monoisotopic (exact) mass is 245 g/mol. The highest BCUT2D eigenvalue weighted by molar-refractivity contribution is 7.92. The molecule has 16 heavy (non-hydrogen) atoms. The summed E-state index contributed by atoms with van der Waals surface area (Å²) in [6, 6.07) is -0.512. The van der Waals surface area contributed by atoms with Crippen molar-refractivity contribution in [3.05, 3.63) is 28.4 Å². The smallest absolute Gasteiger partial charge is 0.391 e. The Bertz CT molecular complexity index is 544. The van der Waals surface area contributed by atoms with Gasteiger partial charge in [0.2, 0.25) is 15.9 Å². The van der Waals surface area contributed by atoms with E-state index in [1.807, 2.05) is 0 Å². The fraction of sp³-hybridized carbons (Fsp3) is 0.500. The molecule has 1 aromatic heterocycles. The maximum atomic E-state index is 11.6. The van der Waals surface area contributed by atoms with Crippen molar-refractivity contribution in [1.29, 1.82) is 0 Å². The molecule has 0 aromatic carbocycles. The van der Waals surface area contributed by atoms with Crippen LogP contribution in [0.5, 0.6) is 0 Å². The van der Waals surface area contributed by atoms with E-state index in [0.29, 0.717) is 19.4 Å². The topological polar surface area (TPSA) is 96.3 Å². The summed E-state index contributed by atoms with van der Waals surface area (Å²) in [4.78, 5) is 10.8. The van der Waals surface area contributed by atoms with Crippen LogP contribution in [0.1, 0.15) is 24.8 Å². The van der Waals surface area contributed by atoms with Crippen LogP contribution < -0.4 is 5.76 Å². The second kappa shape index (κ2) is 3.87. The molecular weight excluding hydrogens is 234 g/mol. The van der Waals surface area contributed by atoms with Gasteiger partial charge in [0.1, 0.15) is 6.04 Å². The molecule has 0 aliphatic carbocycles. The lowest BCUT2D eigenvalue weighted by Crippen LogP contribution is -2.29. The van der Waals surface area contributed by atoms with E-state index in [-0.39, 0.29) is 5.89 Å². The van der Waals surface area contributed by atoms with Gasteiger partial charge in [0.05, 0.1) is 0 Å². The molecule has 1 aromatic rings. The average Bonchev–Trinajstić information content (AvgIpc) is 2.85. The van der Waals surface area contributed by atoms with Crippen molar-refractivity contribution < 1.29 is 12.8 Å². The number of sulfonamides is 1. The van der Waals surface area contributed by atoms with E-state index in [4.69, 9.17) is 4.42 Å². The van der Waals surface area contributed by atoms with Crippen molar-refractivity contribution >= 4 is 10.0 Å². The van der Waals surface area contributed by atoms with Gasteiger partial charge in [-0.2, -0.15) is 4.31 Å². The number of nitrogens with zero attached hydrogens (tertiary/aromatic N) is 2. The third-order valence-electron chi connectivity index (χ3n) is 2.48. The molecule has 0 amide bonds. The molecule has 1 fully saturated rings. The standard InChI is InChI=1S/C8H11N3O4S/c1-2-16(13,14)11-5-3-4-6(11)7-9-10-8(12)15-7/h2,6H,1,3-5H2,(H,10,12)/t6-/m1/s1. The predicted octanol–water partition coefficient (Wildman–Crippen LogP) is -0.0269. The molecule has 1 atom stereocenters. The van der Waals surface area contributed by atoms with Gasteiger partial charge >= 0.3 is 5.76 Å². The second-order valence-corrected chi connectivity index (χ2v) is 5.26. The van der Waals surface area contributed by atoms with Crippen molar-refractivity contribution in [3.63, 3.8) is 0 Å². The third kappa shape index (κ3) is 1.81. The van der Waals surface area contributed by atoms with Crippen LogP contribution in [0.3, 0.4) is 0 Å². The Labute approximate surface area is 91.8 Å². The molecule has 88 valence electrons. The quantitative estimate of drug-likeness (QED) is 0.806. The molecule has 0 saturated carbocycles. The van der Waals surface area contributed by atoms with E-state index < -0.39 is 21.8 Å². The van der Waals surface area contributed by atoms with Crippen LogP contribution in [0, 0.1) is 0 Å². The van der Waals surface area contributed by atoms with Crippen molar-refractivity contribution in [2.75, 3.05) is 6.54 Å². The Hall–Kier alpha value is -1.41. The maximum Gasteiger partial charge on any atom is 0.434 e. The van der Waals surface area contributed by atoms with Crippen molar-refractivity contribution in [3.8, 4) is 0 Å². The number of hydrogen-bond acceptors (Lipinski definition) is 5. The predicted molar refractivity (Wildman–Crippen MR) is 54.9 cm³/mol. The summed E-state index contributed by atoms with van der Waals surface area (Å²) in [5, 5.41) is 6.65. The first-order valence-corrected chi connectivity index (χ1v) is 6.24. The van der Waals surface area contributed by atoms with Gasteiger partial charge < -0.3 is 4.42 Å². The molecule has 1 N–H and O–H groups in total. The lowest BCUT2D eigenvalue weighted by atomic mass is 10.2.